The molecule has 0 saturated carbocycles. The van der Waals surface area contributed by atoms with Crippen LogP contribution in [0, 0.1) is 0 Å². The molecule has 1 amide bonds. The number of halogens is 1. The minimum Gasteiger partial charge on any atom is -0.507 e. The Bertz CT molecular complexity index is 759. The van der Waals surface area contributed by atoms with Crippen LogP contribution in [0.25, 0.3) is 0 Å². The number of benzene rings is 2. The van der Waals surface area contributed by atoms with Crippen LogP contribution in [0.5, 0.6) is 5.75 Å². The Kier molecular flexibility index (Phi) is 4.75. The molecule has 0 atom stereocenters. The van der Waals surface area contributed by atoms with Gasteiger partial charge in [0, 0.05) is 10.6 Å². The highest BCUT2D eigenvalue weighted by Gasteiger charge is 2.11. The molecule has 0 bridgehead atoms. The maximum atomic E-state index is 11.9. The number of carbonyl (C=O) groups is 2. The smallest absolute Gasteiger partial charge is 0.336 e. The number of phenols is 1. The lowest BCUT2D eigenvalue weighted by atomic mass is 10.1. The van der Waals surface area contributed by atoms with Gasteiger partial charge in [0.15, 0.2) is 0 Å². The van der Waals surface area contributed by atoms with Crippen molar-refractivity contribution in [2.24, 2.45) is 5.10 Å². The zero-order chi connectivity index (χ0) is 16.1. The summed E-state index contributed by atoms with van der Waals surface area (Å²) in [4.78, 5) is 22.9. The molecule has 0 aliphatic carbocycles. The summed E-state index contributed by atoms with van der Waals surface area (Å²) in [6.45, 7) is 0. The molecule has 0 aromatic heterocycles. The van der Waals surface area contributed by atoms with Crippen molar-refractivity contribution >= 4 is 29.7 Å². The Hall–Kier alpha value is -2.86. The number of carboxylic acid groups (broad SMARTS) is 1. The molecule has 6 nitrogen and oxygen atoms in total. The fraction of sp³-hybridized carbons (Fsp3) is 0. The molecular formula is C15H11ClN2O4. The molecular weight excluding hydrogens is 308 g/mol. The Morgan fingerprint density at radius 1 is 1.14 bits per heavy atom. The summed E-state index contributed by atoms with van der Waals surface area (Å²) in [5.74, 6) is -1.99. The standard InChI is InChI=1S/C15H11ClN2O4/c16-10-5-6-13(19)12(7-10)14(20)18-17-8-9-3-1-2-4-11(9)15(21)22/h1-8,19H,(H,18,20)(H,21,22). The van der Waals surface area contributed by atoms with E-state index >= 15 is 0 Å². The molecule has 2 aromatic carbocycles. The van der Waals surface area contributed by atoms with Gasteiger partial charge in [0.1, 0.15) is 5.75 Å². The van der Waals surface area contributed by atoms with Gasteiger partial charge >= 0.3 is 5.97 Å². The monoisotopic (exact) mass is 318 g/mol. The van der Waals surface area contributed by atoms with Gasteiger partial charge in [-0.15, -0.1) is 0 Å². The number of hydrazone groups is 1. The molecule has 22 heavy (non-hydrogen) atoms. The molecule has 0 aliphatic heterocycles. The average molecular weight is 319 g/mol. The van der Waals surface area contributed by atoms with Crippen molar-refractivity contribution in [3.63, 3.8) is 0 Å². The fourth-order valence-electron chi connectivity index (χ4n) is 1.72. The summed E-state index contributed by atoms with van der Waals surface area (Å²) < 4.78 is 0. The molecule has 0 aliphatic rings. The van der Waals surface area contributed by atoms with E-state index < -0.39 is 11.9 Å². The van der Waals surface area contributed by atoms with Crippen LogP contribution in [0.4, 0.5) is 0 Å². The SMILES string of the molecule is O=C(NN=Cc1ccccc1C(=O)O)c1cc(Cl)ccc1O. The van der Waals surface area contributed by atoms with Gasteiger partial charge in [-0.3, -0.25) is 4.79 Å². The molecule has 0 saturated heterocycles. The molecule has 7 heteroatoms. The van der Waals surface area contributed by atoms with Crippen molar-refractivity contribution in [2.45, 2.75) is 0 Å². The number of aromatic hydroxyl groups is 1. The third-order valence-electron chi connectivity index (χ3n) is 2.76. The Labute approximate surface area is 130 Å². The van der Waals surface area contributed by atoms with Gasteiger partial charge in [-0.2, -0.15) is 5.10 Å². The number of nitrogens with one attached hydrogen (secondary N) is 1. The van der Waals surface area contributed by atoms with E-state index in [1.165, 1.54) is 30.5 Å². The van der Waals surface area contributed by atoms with Crippen LogP contribution in [0.2, 0.25) is 5.02 Å². The van der Waals surface area contributed by atoms with Crippen molar-refractivity contribution in [1.29, 1.82) is 0 Å². The lowest BCUT2D eigenvalue weighted by molar-refractivity contribution is 0.0696. The highest BCUT2D eigenvalue weighted by molar-refractivity contribution is 6.31. The van der Waals surface area contributed by atoms with E-state index in [1.54, 1.807) is 18.2 Å². The second-order valence-electron chi connectivity index (χ2n) is 4.25. The average Bonchev–Trinajstić information content (AvgIpc) is 2.50. The van der Waals surface area contributed by atoms with Gasteiger partial charge in [-0.1, -0.05) is 29.8 Å². The third kappa shape index (κ3) is 3.62. The van der Waals surface area contributed by atoms with E-state index in [2.05, 4.69) is 10.5 Å². The molecule has 0 unspecified atom stereocenters. The molecule has 2 rings (SSSR count). The van der Waals surface area contributed by atoms with Crippen LogP contribution >= 0.6 is 11.6 Å². The number of amides is 1. The first-order chi connectivity index (χ1) is 10.5. The summed E-state index contributed by atoms with van der Waals surface area (Å²) in [6, 6.07) is 10.2. The first kappa shape index (κ1) is 15.5. The Morgan fingerprint density at radius 2 is 1.86 bits per heavy atom. The lowest BCUT2D eigenvalue weighted by Gasteiger charge is -2.03. The minimum absolute atomic E-state index is 0.0313. The van der Waals surface area contributed by atoms with Gasteiger partial charge in [0.05, 0.1) is 17.3 Å². The van der Waals surface area contributed by atoms with Crippen LogP contribution < -0.4 is 5.43 Å². The minimum atomic E-state index is -1.10. The summed E-state index contributed by atoms with van der Waals surface area (Å²) in [5, 5.41) is 22.6. The zero-order valence-electron chi connectivity index (χ0n) is 11.2. The largest absolute Gasteiger partial charge is 0.507 e. The summed E-state index contributed by atoms with van der Waals surface area (Å²) in [6.07, 6.45) is 1.21. The first-order valence-corrected chi connectivity index (χ1v) is 6.51. The maximum Gasteiger partial charge on any atom is 0.336 e. The fourth-order valence-corrected chi connectivity index (χ4v) is 1.89. The van der Waals surface area contributed by atoms with E-state index in [0.717, 1.165) is 0 Å². The Morgan fingerprint density at radius 3 is 2.59 bits per heavy atom. The summed E-state index contributed by atoms with van der Waals surface area (Å²) in [5.41, 5.74) is 2.57. The summed E-state index contributed by atoms with van der Waals surface area (Å²) in [7, 11) is 0. The van der Waals surface area contributed by atoms with Crippen LogP contribution in [-0.2, 0) is 0 Å². The quantitative estimate of drug-likeness (QED) is 0.595. The van der Waals surface area contributed by atoms with Crippen LogP contribution in [0.15, 0.2) is 47.6 Å². The lowest BCUT2D eigenvalue weighted by Crippen LogP contribution is -2.18. The summed E-state index contributed by atoms with van der Waals surface area (Å²) >= 11 is 5.75. The van der Waals surface area contributed by atoms with Gasteiger partial charge in [0.2, 0.25) is 0 Å². The van der Waals surface area contributed by atoms with E-state index in [9.17, 15) is 14.7 Å². The number of aromatic carboxylic acids is 1. The van der Waals surface area contributed by atoms with E-state index in [4.69, 9.17) is 16.7 Å². The number of rotatable bonds is 4. The van der Waals surface area contributed by atoms with Crippen molar-refractivity contribution < 1.29 is 19.8 Å². The van der Waals surface area contributed by atoms with E-state index in [1.807, 2.05) is 0 Å². The second-order valence-corrected chi connectivity index (χ2v) is 4.69. The topological polar surface area (TPSA) is 99.0 Å². The van der Waals surface area contributed by atoms with Crippen LogP contribution in [0.1, 0.15) is 26.3 Å². The van der Waals surface area contributed by atoms with Crippen molar-refractivity contribution in [3.8, 4) is 5.75 Å². The molecule has 2 aromatic rings. The number of phenolic OH excluding ortho intramolecular Hbond substituents is 1. The predicted molar refractivity (Wildman–Crippen MR) is 81.6 cm³/mol. The number of carboxylic acids is 1. The molecule has 0 fully saturated rings. The van der Waals surface area contributed by atoms with Gasteiger partial charge < -0.3 is 10.2 Å². The molecule has 0 spiro atoms. The van der Waals surface area contributed by atoms with Gasteiger partial charge in [0.25, 0.3) is 5.91 Å². The highest BCUT2D eigenvalue weighted by Crippen LogP contribution is 2.21. The number of nitrogens with zero attached hydrogens (tertiary/aromatic N) is 1. The van der Waals surface area contributed by atoms with Gasteiger partial charge in [-0.25, -0.2) is 10.2 Å². The molecule has 3 N–H and O–H groups in total. The van der Waals surface area contributed by atoms with E-state index in [0.29, 0.717) is 10.6 Å². The first-order valence-electron chi connectivity index (χ1n) is 6.13. The molecule has 0 heterocycles. The number of carbonyl (C=O) groups excluding carboxylic acids is 1. The molecule has 0 radical (unpaired) electrons. The van der Waals surface area contributed by atoms with Crippen molar-refractivity contribution in [3.05, 3.63) is 64.2 Å². The number of hydrogen-bond acceptors (Lipinski definition) is 4. The van der Waals surface area contributed by atoms with E-state index in [-0.39, 0.29) is 16.9 Å². The third-order valence-corrected chi connectivity index (χ3v) is 3.00. The van der Waals surface area contributed by atoms with Crippen LogP contribution in [0.3, 0.4) is 0 Å². The normalized spacial score (nSPS) is 10.6. The van der Waals surface area contributed by atoms with Crippen molar-refractivity contribution in [2.75, 3.05) is 0 Å². The molecule has 112 valence electrons. The predicted octanol–water partition coefficient (Wildman–Crippen LogP) is 2.51. The zero-order valence-corrected chi connectivity index (χ0v) is 11.9. The van der Waals surface area contributed by atoms with Gasteiger partial charge in [-0.05, 0) is 24.3 Å². The second kappa shape index (κ2) is 6.73. The highest BCUT2D eigenvalue weighted by atomic mass is 35.5. The number of hydrogen-bond donors (Lipinski definition) is 3. The van der Waals surface area contributed by atoms with Crippen molar-refractivity contribution in [1.82, 2.24) is 5.43 Å². The maximum absolute atomic E-state index is 11.9. The Balaban J connectivity index is 2.14. The van der Waals surface area contributed by atoms with Crippen LogP contribution in [-0.4, -0.2) is 28.3 Å².